The zero-order chi connectivity index (χ0) is 17.4. The Balaban J connectivity index is 2.61. The number of rotatable bonds is 9. The zero-order valence-corrected chi connectivity index (χ0v) is 15.7. The van der Waals surface area contributed by atoms with Crippen LogP contribution in [-0.4, -0.2) is 25.0 Å². The average Bonchev–Trinajstić information content (AvgIpc) is 2.51. The van der Waals surface area contributed by atoms with Crippen LogP contribution in [0.3, 0.4) is 0 Å². The molecule has 7 heteroatoms. The molecule has 0 N–H and O–H groups in total. The lowest BCUT2D eigenvalue weighted by atomic mass is 10.3. The molecule has 4 nitrogen and oxygen atoms in total. The number of carbonyl (C=O) groups excluding carboxylic acids is 1. The van der Waals surface area contributed by atoms with Crippen LogP contribution in [0.25, 0.3) is 0 Å². The second-order valence-electron chi connectivity index (χ2n) is 4.96. The van der Waals surface area contributed by atoms with E-state index in [-0.39, 0.29) is 10.8 Å². The van der Waals surface area contributed by atoms with Crippen LogP contribution in [-0.2, 0) is 14.3 Å². The van der Waals surface area contributed by atoms with Crippen molar-refractivity contribution in [3.05, 3.63) is 27.2 Å². The van der Waals surface area contributed by atoms with E-state index in [4.69, 9.17) is 49.0 Å². The molecular weight excluding hydrogens is 363 g/mol. The summed E-state index contributed by atoms with van der Waals surface area (Å²) in [6.07, 6.45) is 1.06. The van der Waals surface area contributed by atoms with Gasteiger partial charge in [0.05, 0.1) is 21.7 Å². The van der Waals surface area contributed by atoms with Crippen molar-refractivity contribution in [1.82, 2.24) is 0 Å². The Morgan fingerprint density at radius 1 is 1.13 bits per heavy atom. The first-order valence-corrected chi connectivity index (χ1v) is 8.65. The summed E-state index contributed by atoms with van der Waals surface area (Å²) in [6.45, 7) is 6.06. The molecule has 23 heavy (non-hydrogen) atoms. The Morgan fingerprint density at radius 2 is 1.78 bits per heavy atom. The zero-order valence-electron chi connectivity index (χ0n) is 13.4. The van der Waals surface area contributed by atoms with Gasteiger partial charge in [0.2, 0.25) is 6.29 Å². The van der Waals surface area contributed by atoms with Gasteiger partial charge in [-0.05, 0) is 19.4 Å². The third kappa shape index (κ3) is 6.76. The summed E-state index contributed by atoms with van der Waals surface area (Å²) in [5.41, 5.74) is 0. The summed E-state index contributed by atoms with van der Waals surface area (Å²) in [5, 5.41) is 0.876. The van der Waals surface area contributed by atoms with Crippen molar-refractivity contribution >= 4 is 40.8 Å². The van der Waals surface area contributed by atoms with Crippen molar-refractivity contribution < 1.29 is 19.0 Å². The van der Waals surface area contributed by atoms with Crippen molar-refractivity contribution in [2.45, 2.75) is 52.4 Å². The SMILES string of the molecule is CCCCOC(CC)OC(=O)C(C)Oc1cc(Cl)c(Cl)cc1Cl. The monoisotopic (exact) mass is 382 g/mol. The minimum absolute atomic E-state index is 0.269. The van der Waals surface area contributed by atoms with E-state index < -0.39 is 18.4 Å². The largest absolute Gasteiger partial charge is 0.477 e. The van der Waals surface area contributed by atoms with Crippen molar-refractivity contribution in [2.24, 2.45) is 0 Å². The molecule has 1 aromatic rings. The highest BCUT2D eigenvalue weighted by molar-refractivity contribution is 6.43. The van der Waals surface area contributed by atoms with Gasteiger partial charge in [-0.2, -0.15) is 0 Å². The fourth-order valence-corrected chi connectivity index (χ4v) is 2.23. The molecule has 0 aliphatic carbocycles. The van der Waals surface area contributed by atoms with Gasteiger partial charge in [0.1, 0.15) is 5.75 Å². The standard InChI is InChI=1S/C16H21Cl3O4/c1-4-6-7-21-15(5-2)23-16(20)10(3)22-14-9-12(18)11(17)8-13(14)19/h8-10,15H,4-7H2,1-3H3. The van der Waals surface area contributed by atoms with E-state index in [0.717, 1.165) is 12.8 Å². The fourth-order valence-electron chi connectivity index (χ4n) is 1.65. The molecule has 0 bridgehead atoms. The molecule has 0 fully saturated rings. The summed E-state index contributed by atoms with van der Waals surface area (Å²) in [5.74, 6) is -0.263. The maximum Gasteiger partial charge on any atom is 0.349 e. The van der Waals surface area contributed by atoms with Crippen LogP contribution in [0.1, 0.15) is 40.0 Å². The highest BCUT2D eigenvalue weighted by Gasteiger charge is 2.22. The summed E-state index contributed by atoms with van der Waals surface area (Å²) < 4.78 is 16.3. The predicted molar refractivity (Wildman–Crippen MR) is 92.6 cm³/mol. The third-order valence-corrected chi connectivity index (χ3v) is 4.01. The van der Waals surface area contributed by atoms with Crippen LogP contribution in [0.5, 0.6) is 5.75 Å². The van der Waals surface area contributed by atoms with Crippen LogP contribution in [0, 0.1) is 0 Å². The van der Waals surface area contributed by atoms with Gasteiger partial charge in [0.25, 0.3) is 0 Å². The van der Waals surface area contributed by atoms with Crippen LogP contribution >= 0.6 is 34.8 Å². The molecule has 2 atom stereocenters. The molecule has 0 aliphatic heterocycles. The topological polar surface area (TPSA) is 44.8 Å². The number of benzene rings is 1. The maximum absolute atomic E-state index is 12.1. The lowest BCUT2D eigenvalue weighted by Gasteiger charge is -2.20. The molecule has 0 aliphatic rings. The molecule has 1 rings (SSSR count). The average molecular weight is 384 g/mol. The van der Waals surface area contributed by atoms with E-state index in [1.165, 1.54) is 12.1 Å². The number of unbranched alkanes of at least 4 members (excludes halogenated alkanes) is 1. The highest BCUT2D eigenvalue weighted by Crippen LogP contribution is 2.34. The van der Waals surface area contributed by atoms with E-state index in [0.29, 0.717) is 23.1 Å². The molecule has 0 radical (unpaired) electrons. The number of esters is 1. The van der Waals surface area contributed by atoms with Gasteiger partial charge in [-0.1, -0.05) is 55.1 Å². The van der Waals surface area contributed by atoms with Gasteiger partial charge in [-0.25, -0.2) is 4.79 Å². The summed E-state index contributed by atoms with van der Waals surface area (Å²) >= 11 is 17.8. The predicted octanol–water partition coefficient (Wildman–Crippen LogP) is 5.51. The van der Waals surface area contributed by atoms with Gasteiger partial charge in [0, 0.05) is 12.5 Å². The first-order chi connectivity index (χ1) is 10.9. The van der Waals surface area contributed by atoms with Gasteiger partial charge >= 0.3 is 5.97 Å². The van der Waals surface area contributed by atoms with Gasteiger partial charge < -0.3 is 14.2 Å². The quantitative estimate of drug-likeness (QED) is 0.244. The van der Waals surface area contributed by atoms with Crippen LogP contribution in [0.15, 0.2) is 12.1 Å². The Hall–Kier alpha value is -0.680. The van der Waals surface area contributed by atoms with Crippen LogP contribution in [0.2, 0.25) is 15.1 Å². The molecule has 0 spiro atoms. The van der Waals surface area contributed by atoms with Crippen molar-refractivity contribution in [1.29, 1.82) is 0 Å². The number of carbonyl (C=O) groups is 1. The first-order valence-electron chi connectivity index (χ1n) is 7.52. The van der Waals surface area contributed by atoms with Crippen LogP contribution < -0.4 is 4.74 Å². The second-order valence-corrected chi connectivity index (χ2v) is 6.18. The normalized spacial score (nSPS) is 13.5. The summed E-state index contributed by atoms with van der Waals surface area (Å²) in [6, 6.07) is 2.92. The van der Waals surface area contributed by atoms with Gasteiger partial charge in [-0.3, -0.25) is 0 Å². The van der Waals surface area contributed by atoms with Crippen molar-refractivity contribution in [3.8, 4) is 5.75 Å². The number of halogens is 3. The van der Waals surface area contributed by atoms with E-state index in [1.54, 1.807) is 6.92 Å². The molecule has 130 valence electrons. The summed E-state index contributed by atoms with van der Waals surface area (Å²) in [4.78, 5) is 12.1. The molecule has 1 aromatic carbocycles. The Labute approximate surface area is 151 Å². The van der Waals surface area contributed by atoms with E-state index in [2.05, 4.69) is 6.92 Å². The van der Waals surface area contributed by atoms with Gasteiger partial charge in [-0.15, -0.1) is 0 Å². The highest BCUT2D eigenvalue weighted by atomic mass is 35.5. The molecule has 0 heterocycles. The minimum Gasteiger partial charge on any atom is -0.477 e. The second kappa shape index (κ2) is 10.2. The molecule has 2 unspecified atom stereocenters. The number of hydrogen-bond acceptors (Lipinski definition) is 4. The van der Waals surface area contributed by atoms with E-state index in [9.17, 15) is 4.79 Å². The Morgan fingerprint density at radius 3 is 2.39 bits per heavy atom. The lowest BCUT2D eigenvalue weighted by Crippen LogP contribution is -2.31. The number of ether oxygens (including phenoxy) is 3. The molecule has 0 saturated carbocycles. The van der Waals surface area contributed by atoms with E-state index >= 15 is 0 Å². The smallest absolute Gasteiger partial charge is 0.349 e. The molecule has 0 saturated heterocycles. The van der Waals surface area contributed by atoms with Crippen molar-refractivity contribution in [2.75, 3.05) is 6.61 Å². The molecule has 0 aromatic heterocycles. The Kier molecular flexibility index (Phi) is 9.07. The molecular formula is C16H21Cl3O4. The first kappa shape index (κ1) is 20.4. The number of hydrogen-bond donors (Lipinski definition) is 0. The minimum atomic E-state index is -0.853. The lowest BCUT2D eigenvalue weighted by molar-refractivity contribution is -0.186. The van der Waals surface area contributed by atoms with Crippen molar-refractivity contribution in [3.63, 3.8) is 0 Å². The fraction of sp³-hybridized carbons (Fsp3) is 0.562. The maximum atomic E-state index is 12.1. The third-order valence-electron chi connectivity index (χ3n) is 2.99. The van der Waals surface area contributed by atoms with Crippen LogP contribution in [0.4, 0.5) is 0 Å². The van der Waals surface area contributed by atoms with Gasteiger partial charge in [0.15, 0.2) is 6.10 Å². The molecule has 0 amide bonds. The summed E-state index contributed by atoms with van der Waals surface area (Å²) in [7, 11) is 0. The van der Waals surface area contributed by atoms with E-state index in [1.807, 2.05) is 6.92 Å². The Bertz CT molecular complexity index is 522.